The normalized spacial score (nSPS) is 12.5. The van der Waals surface area contributed by atoms with Gasteiger partial charge in [-0.15, -0.1) is 0 Å². The zero-order valence-electron chi connectivity index (χ0n) is 9.24. The first-order chi connectivity index (χ1) is 7.11. The van der Waals surface area contributed by atoms with E-state index in [0.717, 1.165) is 16.6 Å². The molecular weight excluding hydrogens is 252 g/mol. The van der Waals surface area contributed by atoms with E-state index in [4.69, 9.17) is 4.74 Å². The monoisotopic (exact) mass is 268 g/mol. The molecule has 0 aliphatic rings. The number of rotatable bonds is 5. The second-order valence-electron chi connectivity index (χ2n) is 3.98. The highest BCUT2D eigenvalue weighted by molar-refractivity contribution is 9.10. The van der Waals surface area contributed by atoms with Crippen LogP contribution in [0.1, 0.15) is 20.3 Å². The van der Waals surface area contributed by atoms with Gasteiger partial charge >= 0.3 is 0 Å². The van der Waals surface area contributed by atoms with Crippen LogP contribution in [0.25, 0.3) is 0 Å². The third-order valence-electron chi connectivity index (χ3n) is 2.07. The summed E-state index contributed by atoms with van der Waals surface area (Å²) in [4.78, 5) is 0. The average molecular weight is 269 g/mol. The van der Waals surface area contributed by atoms with E-state index in [1.54, 1.807) is 0 Å². The zero-order valence-corrected chi connectivity index (χ0v) is 10.8. The van der Waals surface area contributed by atoms with Gasteiger partial charge in [-0.3, -0.25) is 0 Å². The Kier molecular flexibility index (Phi) is 4.89. The molecule has 0 spiro atoms. The number of hydrogen-bond donors (Lipinski definition) is 0. The molecule has 0 saturated heterocycles. The zero-order chi connectivity index (χ0) is 11.3. The molecule has 0 unspecified atom stereocenters. The van der Waals surface area contributed by atoms with Crippen LogP contribution in [0.15, 0.2) is 41.4 Å². The Morgan fingerprint density at radius 2 is 1.93 bits per heavy atom. The topological polar surface area (TPSA) is 9.23 Å². The van der Waals surface area contributed by atoms with Crippen LogP contribution < -0.4 is 4.74 Å². The molecule has 1 aromatic rings. The van der Waals surface area contributed by atoms with Gasteiger partial charge in [0, 0.05) is 4.47 Å². The van der Waals surface area contributed by atoms with Crippen molar-refractivity contribution in [3.05, 3.63) is 41.4 Å². The van der Waals surface area contributed by atoms with E-state index in [2.05, 4.69) is 36.4 Å². The van der Waals surface area contributed by atoms with Crippen molar-refractivity contribution in [1.82, 2.24) is 0 Å². The smallest absolute Gasteiger partial charge is 0.120 e. The summed E-state index contributed by atoms with van der Waals surface area (Å²) in [5, 5.41) is 0. The summed E-state index contributed by atoms with van der Waals surface area (Å²) in [7, 11) is 0. The summed E-state index contributed by atoms with van der Waals surface area (Å²) >= 11 is 3.39. The molecule has 0 saturated carbocycles. The fraction of sp³-hybridized carbons (Fsp3) is 0.385. The van der Waals surface area contributed by atoms with Crippen molar-refractivity contribution in [3.8, 4) is 5.75 Å². The van der Waals surface area contributed by atoms with Crippen LogP contribution in [0.4, 0.5) is 0 Å². The molecule has 0 aromatic heterocycles. The van der Waals surface area contributed by atoms with Crippen LogP contribution in [0, 0.1) is 5.92 Å². The molecule has 82 valence electrons. The van der Waals surface area contributed by atoms with E-state index >= 15 is 0 Å². The van der Waals surface area contributed by atoms with Crippen LogP contribution in [-0.4, -0.2) is 6.10 Å². The average Bonchev–Trinajstić information content (AvgIpc) is 2.19. The molecule has 1 rings (SSSR count). The minimum Gasteiger partial charge on any atom is -0.486 e. The number of hydrogen-bond acceptors (Lipinski definition) is 1. The maximum atomic E-state index is 5.79. The second-order valence-corrected chi connectivity index (χ2v) is 4.89. The van der Waals surface area contributed by atoms with E-state index in [1.807, 2.05) is 30.3 Å². The summed E-state index contributed by atoms with van der Waals surface area (Å²) in [5.74, 6) is 1.51. The van der Waals surface area contributed by atoms with E-state index < -0.39 is 0 Å². The van der Waals surface area contributed by atoms with Gasteiger partial charge in [-0.25, -0.2) is 0 Å². The molecule has 0 aliphatic carbocycles. The molecule has 1 aromatic carbocycles. The van der Waals surface area contributed by atoms with Gasteiger partial charge in [0.05, 0.1) is 0 Å². The number of halogens is 1. The van der Waals surface area contributed by atoms with E-state index in [9.17, 15) is 0 Å². The third-order valence-corrected chi connectivity index (χ3v) is 2.60. The Morgan fingerprint density at radius 3 is 2.40 bits per heavy atom. The first-order valence-electron chi connectivity index (χ1n) is 5.16. The summed E-state index contributed by atoms with van der Waals surface area (Å²) in [6, 6.07) is 7.87. The molecular formula is C13H17BrO. The molecule has 1 atom stereocenters. The predicted octanol–water partition coefficient (Wildman–Crippen LogP) is 4.43. The molecule has 0 amide bonds. The summed E-state index contributed by atoms with van der Waals surface area (Å²) in [5.41, 5.74) is 0. The van der Waals surface area contributed by atoms with Gasteiger partial charge in [0.15, 0.2) is 0 Å². The lowest BCUT2D eigenvalue weighted by Crippen LogP contribution is -2.15. The quantitative estimate of drug-likeness (QED) is 0.718. The Labute approximate surface area is 100 Å². The molecule has 0 bridgehead atoms. The van der Waals surface area contributed by atoms with Crippen molar-refractivity contribution < 1.29 is 4.74 Å². The van der Waals surface area contributed by atoms with Crippen molar-refractivity contribution >= 4 is 15.9 Å². The lowest BCUT2D eigenvalue weighted by Gasteiger charge is -2.17. The van der Waals surface area contributed by atoms with Gasteiger partial charge in [0.1, 0.15) is 11.9 Å². The van der Waals surface area contributed by atoms with Gasteiger partial charge in [0.2, 0.25) is 0 Å². The molecule has 0 heterocycles. The van der Waals surface area contributed by atoms with Crippen molar-refractivity contribution in [2.45, 2.75) is 26.4 Å². The van der Waals surface area contributed by atoms with Crippen LogP contribution in [0.5, 0.6) is 5.75 Å². The Morgan fingerprint density at radius 1 is 1.33 bits per heavy atom. The third kappa shape index (κ3) is 4.52. The molecule has 1 nitrogen and oxygen atoms in total. The number of benzene rings is 1. The highest BCUT2D eigenvalue weighted by Crippen LogP contribution is 2.19. The maximum Gasteiger partial charge on any atom is 0.120 e. The van der Waals surface area contributed by atoms with Crippen LogP contribution >= 0.6 is 15.9 Å². The highest BCUT2D eigenvalue weighted by atomic mass is 79.9. The van der Waals surface area contributed by atoms with Gasteiger partial charge < -0.3 is 4.74 Å². The molecule has 0 aliphatic heterocycles. The standard InChI is InChI=1S/C13H17BrO/c1-4-12(9-10(2)3)15-13-7-5-11(14)6-8-13/h4-8,10,12H,1,9H2,2-3H3/t12-/m0/s1. The number of ether oxygens (including phenoxy) is 1. The van der Waals surface area contributed by atoms with Gasteiger partial charge in [-0.1, -0.05) is 42.4 Å². The van der Waals surface area contributed by atoms with Crippen LogP contribution in [0.2, 0.25) is 0 Å². The molecule has 0 fully saturated rings. The minimum absolute atomic E-state index is 0.103. The maximum absolute atomic E-state index is 5.79. The lowest BCUT2D eigenvalue weighted by molar-refractivity contribution is 0.220. The van der Waals surface area contributed by atoms with Crippen LogP contribution in [-0.2, 0) is 0 Å². The molecule has 2 heteroatoms. The Hall–Kier alpha value is -0.760. The van der Waals surface area contributed by atoms with Gasteiger partial charge in [-0.2, -0.15) is 0 Å². The van der Waals surface area contributed by atoms with E-state index in [-0.39, 0.29) is 6.10 Å². The summed E-state index contributed by atoms with van der Waals surface area (Å²) < 4.78 is 6.85. The first-order valence-corrected chi connectivity index (χ1v) is 5.96. The molecule has 15 heavy (non-hydrogen) atoms. The predicted molar refractivity (Wildman–Crippen MR) is 68.2 cm³/mol. The largest absolute Gasteiger partial charge is 0.486 e. The van der Waals surface area contributed by atoms with Crippen molar-refractivity contribution in [3.63, 3.8) is 0 Å². The fourth-order valence-electron chi connectivity index (χ4n) is 1.35. The first kappa shape index (κ1) is 12.3. The summed E-state index contributed by atoms with van der Waals surface area (Å²) in [6.07, 6.45) is 2.97. The van der Waals surface area contributed by atoms with Crippen molar-refractivity contribution in [1.29, 1.82) is 0 Å². The van der Waals surface area contributed by atoms with E-state index in [1.165, 1.54) is 0 Å². The van der Waals surface area contributed by atoms with Crippen molar-refractivity contribution in [2.24, 2.45) is 5.92 Å². The van der Waals surface area contributed by atoms with Crippen molar-refractivity contribution in [2.75, 3.05) is 0 Å². The van der Waals surface area contributed by atoms with Crippen LogP contribution in [0.3, 0.4) is 0 Å². The second kappa shape index (κ2) is 5.96. The fourth-order valence-corrected chi connectivity index (χ4v) is 1.61. The SMILES string of the molecule is C=C[C@@H](CC(C)C)Oc1ccc(Br)cc1. The molecule has 0 N–H and O–H groups in total. The van der Waals surface area contributed by atoms with E-state index in [0.29, 0.717) is 5.92 Å². The Bertz CT molecular complexity index is 303. The lowest BCUT2D eigenvalue weighted by atomic mass is 10.1. The van der Waals surface area contributed by atoms with Gasteiger partial charge in [0.25, 0.3) is 0 Å². The highest BCUT2D eigenvalue weighted by Gasteiger charge is 2.08. The summed E-state index contributed by atoms with van der Waals surface area (Å²) in [6.45, 7) is 8.16. The Balaban J connectivity index is 2.58. The molecule has 0 radical (unpaired) electrons. The minimum atomic E-state index is 0.103. The van der Waals surface area contributed by atoms with Gasteiger partial charge in [-0.05, 0) is 36.6 Å².